The Morgan fingerprint density at radius 3 is 2.80 bits per heavy atom. The monoisotopic (exact) mass is 274 g/mol. The lowest BCUT2D eigenvalue weighted by Crippen LogP contribution is -2.58. The van der Waals surface area contributed by atoms with Gasteiger partial charge in [-0.1, -0.05) is 12.1 Å². The van der Waals surface area contributed by atoms with Gasteiger partial charge in [-0.05, 0) is 38.3 Å². The molecule has 1 amide bonds. The number of carbonyl (C=O) groups is 1. The highest BCUT2D eigenvalue weighted by molar-refractivity contribution is 5.81. The largest absolute Gasteiger partial charge is 0.480 e. The molecule has 0 bridgehead atoms. The zero-order valence-electron chi connectivity index (χ0n) is 11.4. The summed E-state index contributed by atoms with van der Waals surface area (Å²) in [5.74, 6) is 0.121. The average Bonchev–Trinajstić information content (AvgIpc) is 2.43. The molecule has 1 aromatic rings. The van der Waals surface area contributed by atoms with E-state index in [4.69, 9.17) is 10.00 Å². The summed E-state index contributed by atoms with van der Waals surface area (Å²) in [4.78, 5) is 12.1. The van der Waals surface area contributed by atoms with Crippen LogP contribution in [-0.4, -0.2) is 29.3 Å². The van der Waals surface area contributed by atoms with Crippen LogP contribution in [0, 0.1) is 11.3 Å². The maximum absolute atomic E-state index is 12.1. The van der Waals surface area contributed by atoms with Gasteiger partial charge in [-0.3, -0.25) is 4.79 Å². The van der Waals surface area contributed by atoms with Gasteiger partial charge in [-0.2, -0.15) is 5.26 Å². The van der Waals surface area contributed by atoms with E-state index in [1.54, 1.807) is 31.2 Å². The van der Waals surface area contributed by atoms with Crippen LogP contribution in [0.2, 0.25) is 0 Å². The van der Waals surface area contributed by atoms with Gasteiger partial charge in [0.25, 0.3) is 5.91 Å². The molecule has 5 heteroatoms. The maximum atomic E-state index is 12.1. The van der Waals surface area contributed by atoms with Crippen LogP contribution < -0.4 is 10.1 Å². The van der Waals surface area contributed by atoms with E-state index in [0.29, 0.717) is 11.3 Å². The molecule has 0 heterocycles. The number of nitrogens with one attached hydrogen (secondary N) is 1. The molecule has 1 saturated carbocycles. The summed E-state index contributed by atoms with van der Waals surface area (Å²) in [7, 11) is 0. The lowest BCUT2D eigenvalue weighted by molar-refractivity contribution is -0.131. The number of benzene rings is 1. The molecular formula is C15H18N2O3. The van der Waals surface area contributed by atoms with Gasteiger partial charge in [0.1, 0.15) is 11.8 Å². The van der Waals surface area contributed by atoms with E-state index in [9.17, 15) is 9.90 Å². The summed E-state index contributed by atoms with van der Waals surface area (Å²) < 4.78 is 5.54. The SMILES string of the molecule is CC(Oc1ccccc1C#N)C(=O)NC1(CO)CCC1. The second kappa shape index (κ2) is 5.93. The summed E-state index contributed by atoms with van der Waals surface area (Å²) in [5, 5.41) is 21.2. The molecule has 0 aromatic heterocycles. The second-order valence-electron chi connectivity index (χ2n) is 5.15. The molecule has 1 atom stereocenters. The fourth-order valence-electron chi connectivity index (χ4n) is 2.19. The van der Waals surface area contributed by atoms with Crippen molar-refractivity contribution in [3.8, 4) is 11.8 Å². The minimum absolute atomic E-state index is 0.0553. The van der Waals surface area contributed by atoms with E-state index >= 15 is 0 Å². The van der Waals surface area contributed by atoms with Gasteiger partial charge in [0.15, 0.2) is 6.10 Å². The molecule has 1 aliphatic rings. The third-order valence-electron chi connectivity index (χ3n) is 3.68. The van der Waals surface area contributed by atoms with E-state index in [2.05, 4.69) is 5.32 Å². The number of aliphatic hydroxyl groups excluding tert-OH is 1. The Bertz CT molecular complexity index is 527. The third kappa shape index (κ3) is 2.91. The minimum atomic E-state index is -0.714. The summed E-state index contributed by atoms with van der Waals surface area (Å²) >= 11 is 0. The first kappa shape index (κ1) is 14.4. The first-order chi connectivity index (χ1) is 9.60. The molecule has 0 aliphatic heterocycles. The van der Waals surface area contributed by atoms with Crippen molar-refractivity contribution in [2.45, 2.75) is 37.8 Å². The van der Waals surface area contributed by atoms with Gasteiger partial charge in [0, 0.05) is 0 Å². The van der Waals surface area contributed by atoms with E-state index in [0.717, 1.165) is 19.3 Å². The topological polar surface area (TPSA) is 82.3 Å². The van der Waals surface area contributed by atoms with Crippen LogP contribution >= 0.6 is 0 Å². The Labute approximate surface area is 118 Å². The molecule has 2 N–H and O–H groups in total. The van der Waals surface area contributed by atoms with Gasteiger partial charge < -0.3 is 15.2 Å². The standard InChI is InChI=1S/C15H18N2O3/c1-11(14(19)17-15(10-18)7-4-8-15)20-13-6-3-2-5-12(13)9-16/h2-3,5-6,11,18H,4,7-8,10H2,1H3,(H,17,19). The van der Waals surface area contributed by atoms with Crippen LogP contribution in [0.4, 0.5) is 0 Å². The zero-order chi connectivity index (χ0) is 14.6. The van der Waals surface area contributed by atoms with Crippen molar-refractivity contribution < 1.29 is 14.6 Å². The van der Waals surface area contributed by atoms with Crippen molar-refractivity contribution in [2.75, 3.05) is 6.61 Å². The Hall–Kier alpha value is -2.06. The summed E-state index contributed by atoms with van der Waals surface area (Å²) in [6.07, 6.45) is 1.87. The normalized spacial score (nSPS) is 17.4. The number of hydrogen-bond donors (Lipinski definition) is 2. The van der Waals surface area contributed by atoms with Crippen LogP contribution in [0.25, 0.3) is 0 Å². The second-order valence-corrected chi connectivity index (χ2v) is 5.15. The lowest BCUT2D eigenvalue weighted by Gasteiger charge is -2.41. The molecule has 1 fully saturated rings. The van der Waals surface area contributed by atoms with Crippen molar-refractivity contribution in [1.82, 2.24) is 5.32 Å². The van der Waals surface area contributed by atoms with Crippen LogP contribution in [0.3, 0.4) is 0 Å². The van der Waals surface area contributed by atoms with Gasteiger partial charge in [-0.15, -0.1) is 0 Å². The summed E-state index contributed by atoms with van der Waals surface area (Å²) in [6.45, 7) is 1.58. The molecule has 1 aromatic carbocycles. The van der Waals surface area contributed by atoms with Crippen molar-refractivity contribution in [3.05, 3.63) is 29.8 Å². The highest BCUT2D eigenvalue weighted by Crippen LogP contribution is 2.31. The van der Waals surface area contributed by atoms with E-state index < -0.39 is 11.6 Å². The number of amides is 1. The van der Waals surface area contributed by atoms with Crippen molar-refractivity contribution >= 4 is 5.91 Å². The third-order valence-corrected chi connectivity index (χ3v) is 3.68. The zero-order valence-corrected chi connectivity index (χ0v) is 11.4. The number of nitriles is 1. The number of nitrogens with zero attached hydrogens (tertiary/aromatic N) is 1. The summed E-state index contributed by atoms with van der Waals surface area (Å²) in [5.41, 5.74) is -0.0867. The number of ether oxygens (including phenoxy) is 1. The number of para-hydroxylation sites is 1. The number of carbonyl (C=O) groups excluding carboxylic acids is 1. The molecule has 5 nitrogen and oxygen atoms in total. The summed E-state index contributed by atoms with van der Waals surface area (Å²) in [6, 6.07) is 8.82. The molecule has 1 aliphatic carbocycles. The highest BCUT2D eigenvalue weighted by Gasteiger charge is 2.38. The first-order valence-corrected chi connectivity index (χ1v) is 6.69. The molecular weight excluding hydrogens is 256 g/mol. The lowest BCUT2D eigenvalue weighted by atomic mass is 9.77. The van der Waals surface area contributed by atoms with E-state index in [-0.39, 0.29) is 12.5 Å². The van der Waals surface area contributed by atoms with Crippen molar-refractivity contribution in [2.24, 2.45) is 0 Å². The smallest absolute Gasteiger partial charge is 0.261 e. The molecule has 1 unspecified atom stereocenters. The van der Waals surface area contributed by atoms with Crippen molar-refractivity contribution in [3.63, 3.8) is 0 Å². The Kier molecular flexibility index (Phi) is 4.26. The minimum Gasteiger partial charge on any atom is -0.480 e. The molecule has 2 rings (SSSR count). The predicted octanol–water partition coefficient (Wildman–Crippen LogP) is 1.36. The fraction of sp³-hybridized carbons (Fsp3) is 0.467. The molecule has 0 saturated heterocycles. The Balaban J connectivity index is 1.99. The van der Waals surface area contributed by atoms with Crippen LogP contribution in [-0.2, 0) is 4.79 Å². The molecule has 0 radical (unpaired) electrons. The average molecular weight is 274 g/mol. The number of hydrogen-bond acceptors (Lipinski definition) is 4. The van der Waals surface area contributed by atoms with E-state index in [1.807, 2.05) is 6.07 Å². The number of rotatable bonds is 5. The quantitative estimate of drug-likeness (QED) is 0.849. The molecule has 106 valence electrons. The van der Waals surface area contributed by atoms with Gasteiger partial charge in [-0.25, -0.2) is 0 Å². The van der Waals surface area contributed by atoms with Crippen molar-refractivity contribution in [1.29, 1.82) is 5.26 Å². The predicted molar refractivity (Wildman–Crippen MR) is 73.1 cm³/mol. The Morgan fingerprint density at radius 1 is 1.55 bits per heavy atom. The van der Waals surface area contributed by atoms with Crippen LogP contribution in [0.15, 0.2) is 24.3 Å². The van der Waals surface area contributed by atoms with Gasteiger partial charge in [0.05, 0.1) is 17.7 Å². The maximum Gasteiger partial charge on any atom is 0.261 e. The highest BCUT2D eigenvalue weighted by atomic mass is 16.5. The molecule has 20 heavy (non-hydrogen) atoms. The number of aliphatic hydroxyl groups is 1. The van der Waals surface area contributed by atoms with Crippen LogP contribution in [0.5, 0.6) is 5.75 Å². The first-order valence-electron chi connectivity index (χ1n) is 6.69. The molecule has 0 spiro atoms. The van der Waals surface area contributed by atoms with Gasteiger partial charge in [0.2, 0.25) is 0 Å². The fourth-order valence-corrected chi connectivity index (χ4v) is 2.19. The Morgan fingerprint density at radius 2 is 2.25 bits per heavy atom. The van der Waals surface area contributed by atoms with Crippen LogP contribution in [0.1, 0.15) is 31.7 Å². The van der Waals surface area contributed by atoms with Gasteiger partial charge >= 0.3 is 0 Å². The van der Waals surface area contributed by atoms with E-state index in [1.165, 1.54) is 0 Å².